The van der Waals surface area contributed by atoms with Crippen molar-refractivity contribution in [1.29, 1.82) is 0 Å². The maximum Gasteiger partial charge on any atom is 0.350 e. The summed E-state index contributed by atoms with van der Waals surface area (Å²) in [7, 11) is 0. The Labute approximate surface area is 75.5 Å². The fourth-order valence-corrected chi connectivity index (χ4v) is 0.789. The number of nitrogens with one attached hydrogen (secondary N) is 1. The topological polar surface area (TPSA) is 97.3 Å². The third kappa shape index (κ3) is 2.14. The predicted molar refractivity (Wildman–Crippen MR) is 48.4 cm³/mol. The summed E-state index contributed by atoms with van der Waals surface area (Å²) in [4.78, 5) is 14.9. The molecule has 0 saturated carbocycles. The first-order valence-corrected chi connectivity index (χ1v) is 3.63. The zero-order valence-corrected chi connectivity index (χ0v) is 7.19. The molecule has 1 rings (SSSR count). The fraction of sp³-hybridized carbons (Fsp3) is 0.143. The molecule has 0 spiro atoms. The Kier molecular flexibility index (Phi) is 2.78. The summed E-state index contributed by atoms with van der Waals surface area (Å²) >= 11 is 0. The van der Waals surface area contributed by atoms with Crippen molar-refractivity contribution in [3.8, 4) is 0 Å². The highest BCUT2D eigenvalue weighted by molar-refractivity contribution is 5.89. The number of carbonyl (C=O) groups excluding carboxylic acids is 1. The third-order valence-electron chi connectivity index (χ3n) is 1.52. The van der Waals surface area contributed by atoms with Crippen LogP contribution in [0.1, 0.15) is 5.69 Å². The maximum atomic E-state index is 10.9. The Hall–Kier alpha value is -1.66. The van der Waals surface area contributed by atoms with E-state index in [0.29, 0.717) is 5.69 Å². The van der Waals surface area contributed by atoms with Gasteiger partial charge in [-0.15, -0.1) is 0 Å². The van der Waals surface area contributed by atoms with Crippen molar-refractivity contribution in [2.75, 3.05) is 5.01 Å². The van der Waals surface area contributed by atoms with E-state index in [0.717, 1.165) is 10.7 Å². The zero-order chi connectivity index (χ0) is 9.84. The summed E-state index contributed by atoms with van der Waals surface area (Å²) in [6.45, 7) is 1.84. The monoisotopic (exact) mass is 181 g/mol. The molecule has 0 aliphatic carbocycles. The van der Waals surface area contributed by atoms with Gasteiger partial charge in [-0.05, 0) is 19.1 Å². The summed E-state index contributed by atoms with van der Waals surface area (Å²) in [6.07, 6.45) is 1.49. The number of nitrogens with two attached hydrogens (primary N) is 2. The minimum absolute atomic E-state index is 0.480. The maximum absolute atomic E-state index is 10.9. The Morgan fingerprint density at radius 2 is 2.31 bits per heavy atom. The van der Waals surface area contributed by atoms with Crippen LogP contribution in [0.5, 0.6) is 0 Å². The second-order valence-electron chi connectivity index (χ2n) is 2.48. The summed E-state index contributed by atoms with van der Waals surface area (Å²) in [5.41, 5.74) is 3.24. The Morgan fingerprint density at radius 3 is 2.77 bits per heavy atom. The Morgan fingerprint density at radius 1 is 1.62 bits per heavy atom. The molecule has 1 aromatic heterocycles. The van der Waals surface area contributed by atoms with Gasteiger partial charge in [0.2, 0.25) is 0 Å². The van der Waals surface area contributed by atoms with Gasteiger partial charge in [-0.3, -0.25) is 10.4 Å². The molecule has 0 aromatic carbocycles. The van der Waals surface area contributed by atoms with Crippen molar-refractivity contribution in [2.45, 2.75) is 6.92 Å². The van der Waals surface area contributed by atoms with E-state index in [1.807, 2.05) is 12.3 Å². The minimum atomic E-state index is -0.592. The quantitative estimate of drug-likeness (QED) is 0.313. The molecular formula is C7H11N5O. The van der Waals surface area contributed by atoms with Gasteiger partial charge in [-0.1, -0.05) is 0 Å². The van der Waals surface area contributed by atoms with E-state index in [9.17, 15) is 4.79 Å². The van der Waals surface area contributed by atoms with Crippen molar-refractivity contribution in [1.82, 2.24) is 10.4 Å². The average Bonchev–Trinajstić information content (AvgIpc) is 2.17. The summed E-state index contributed by atoms with van der Waals surface area (Å²) in [5, 5.41) is 0.881. The van der Waals surface area contributed by atoms with Gasteiger partial charge in [0.15, 0.2) is 0 Å². The van der Waals surface area contributed by atoms with Crippen LogP contribution in [0.4, 0.5) is 10.5 Å². The molecule has 0 fully saturated rings. The number of hydrogen-bond donors (Lipinski definition) is 3. The lowest BCUT2D eigenvalue weighted by atomic mass is 10.3. The van der Waals surface area contributed by atoms with Gasteiger partial charge in [0.1, 0.15) is 0 Å². The Bertz CT molecular complexity index is 296. The number of pyridine rings is 1. The van der Waals surface area contributed by atoms with Crippen LogP contribution in [0.2, 0.25) is 0 Å². The Balaban J connectivity index is 2.83. The van der Waals surface area contributed by atoms with Gasteiger partial charge >= 0.3 is 6.03 Å². The molecule has 0 aliphatic heterocycles. The number of amides is 2. The molecule has 0 atom stereocenters. The second-order valence-corrected chi connectivity index (χ2v) is 2.48. The van der Waals surface area contributed by atoms with E-state index in [2.05, 4.69) is 4.98 Å². The lowest BCUT2D eigenvalue weighted by Crippen LogP contribution is -2.47. The number of nitrogens with zero attached hydrogens (tertiary/aromatic N) is 2. The number of aromatic nitrogens is 1. The highest BCUT2D eigenvalue weighted by Gasteiger charge is 2.08. The van der Waals surface area contributed by atoms with Crippen LogP contribution in [-0.4, -0.2) is 11.0 Å². The van der Waals surface area contributed by atoms with Crippen LogP contribution in [0.15, 0.2) is 18.3 Å². The van der Waals surface area contributed by atoms with Crippen molar-refractivity contribution in [2.24, 2.45) is 11.7 Å². The highest BCUT2D eigenvalue weighted by Crippen LogP contribution is 2.08. The highest BCUT2D eigenvalue weighted by atomic mass is 16.2. The number of carbonyl (C=O) groups is 1. The van der Waals surface area contributed by atoms with E-state index in [1.165, 1.54) is 6.20 Å². The number of hydrogen-bond acceptors (Lipinski definition) is 4. The molecule has 5 N–H and O–H groups in total. The van der Waals surface area contributed by atoms with E-state index in [1.54, 1.807) is 12.1 Å². The van der Waals surface area contributed by atoms with Gasteiger partial charge in [0, 0.05) is 5.69 Å². The van der Waals surface area contributed by atoms with Gasteiger partial charge in [0.25, 0.3) is 0 Å². The molecule has 6 nitrogen and oxygen atoms in total. The molecular weight excluding hydrogens is 170 g/mol. The van der Waals surface area contributed by atoms with Gasteiger partial charge in [0.05, 0.1) is 11.9 Å². The molecule has 70 valence electrons. The van der Waals surface area contributed by atoms with Gasteiger partial charge in [-0.25, -0.2) is 21.5 Å². The second kappa shape index (κ2) is 3.83. The van der Waals surface area contributed by atoms with Crippen LogP contribution in [-0.2, 0) is 0 Å². The molecule has 0 aliphatic rings. The molecule has 2 amide bonds. The smallest absolute Gasteiger partial charge is 0.274 e. The zero-order valence-electron chi connectivity index (χ0n) is 7.19. The minimum Gasteiger partial charge on any atom is -0.274 e. The molecule has 0 saturated heterocycles. The van der Waals surface area contributed by atoms with E-state index < -0.39 is 6.03 Å². The summed E-state index contributed by atoms with van der Waals surface area (Å²) in [6, 6.07) is 2.84. The van der Waals surface area contributed by atoms with Crippen molar-refractivity contribution in [3.05, 3.63) is 24.0 Å². The first kappa shape index (κ1) is 9.43. The van der Waals surface area contributed by atoms with Crippen LogP contribution < -0.4 is 22.1 Å². The lowest BCUT2D eigenvalue weighted by Gasteiger charge is -2.14. The molecule has 0 bridgehead atoms. The first-order chi connectivity index (χ1) is 6.15. The number of hydrazine groups is 2. The first-order valence-electron chi connectivity index (χ1n) is 3.63. The number of urea groups is 1. The average molecular weight is 181 g/mol. The molecule has 0 radical (unpaired) electrons. The summed E-state index contributed by atoms with van der Waals surface area (Å²) in [5.74, 6) is 10.3. The molecule has 6 heteroatoms. The van der Waals surface area contributed by atoms with E-state index in [4.69, 9.17) is 11.7 Å². The SMILES string of the molecule is Cc1ccc(N(N)C(=O)NN)cn1. The van der Waals surface area contributed by atoms with Crippen LogP contribution in [0.25, 0.3) is 0 Å². The standard InChI is InChI=1S/C7H11N5O/c1-5-2-3-6(4-10-5)12(9)7(13)11-8/h2-4H,8-9H2,1H3,(H,11,13). The van der Waals surface area contributed by atoms with Crippen molar-refractivity contribution >= 4 is 11.7 Å². The number of aryl methyl sites for hydroxylation is 1. The molecule has 13 heavy (non-hydrogen) atoms. The molecule has 1 heterocycles. The summed E-state index contributed by atoms with van der Waals surface area (Å²) < 4.78 is 0. The third-order valence-corrected chi connectivity index (χ3v) is 1.52. The fourth-order valence-electron chi connectivity index (χ4n) is 0.789. The van der Waals surface area contributed by atoms with Crippen LogP contribution in [0.3, 0.4) is 0 Å². The lowest BCUT2D eigenvalue weighted by molar-refractivity contribution is 0.246. The van der Waals surface area contributed by atoms with Gasteiger partial charge in [-0.2, -0.15) is 0 Å². The number of anilines is 1. The van der Waals surface area contributed by atoms with Crippen molar-refractivity contribution < 1.29 is 4.79 Å². The van der Waals surface area contributed by atoms with Crippen LogP contribution in [0, 0.1) is 6.92 Å². The van der Waals surface area contributed by atoms with E-state index in [-0.39, 0.29) is 0 Å². The molecule has 1 aromatic rings. The van der Waals surface area contributed by atoms with E-state index >= 15 is 0 Å². The predicted octanol–water partition coefficient (Wildman–Crippen LogP) is -0.347. The normalized spacial score (nSPS) is 9.46. The molecule has 0 unspecified atom stereocenters. The number of rotatable bonds is 1. The van der Waals surface area contributed by atoms with Gasteiger partial charge < -0.3 is 0 Å². The largest absolute Gasteiger partial charge is 0.350 e. The van der Waals surface area contributed by atoms with Crippen molar-refractivity contribution in [3.63, 3.8) is 0 Å². The van der Waals surface area contributed by atoms with Crippen LogP contribution >= 0.6 is 0 Å².